The van der Waals surface area contributed by atoms with Crippen LogP contribution in [0.5, 0.6) is 0 Å². The summed E-state index contributed by atoms with van der Waals surface area (Å²) in [5.41, 5.74) is 6.43. The minimum absolute atomic E-state index is 0.207. The molecule has 1 aromatic carbocycles. The Morgan fingerprint density at radius 1 is 1.06 bits per heavy atom. The van der Waals surface area contributed by atoms with E-state index < -0.39 is 0 Å². The summed E-state index contributed by atoms with van der Waals surface area (Å²) in [6, 6.07) is 6.39. The van der Waals surface area contributed by atoms with Gasteiger partial charge in [-0.3, -0.25) is 4.99 Å². The van der Waals surface area contributed by atoms with Crippen LogP contribution in [0.1, 0.15) is 40.2 Å². The van der Waals surface area contributed by atoms with Crippen molar-refractivity contribution in [3.63, 3.8) is 0 Å². The van der Waals surface area contributed by atoms with Crippen molar-refractivity contribution < 1.29 is 4.39 Å². The zero-order valence-electron chi connectivity index (χ0n) is 11.2. The molecule has 0 spiro atoms. The SMILES string of the molecule is CC(C)(C)N=C(N)C(C)(C)c1ccc(F)cc1. The summed E-state index contributed by atoms with van der Waals surface area (Å²) in [6.45, 7) is 9.98. The van der Waals surface area contributed by atoms with Crippen molar-refractivity contribution in [1.82, 2.24) is 0 Å². The highest BCUT2D eigenvalue weighted by atomic mass is 19.1. The van der Waals surface area contributed by atoms with E-state index in [2.05, 4.69) is 4.99 Å². The van der Waals surface area contributed by atoms with E-state index >= 15 is 0 Å². The number of aliphatic imine (C=N–C) groups is 1. The summed E-state index contributed by atoms with van der Waals surface area (Å²) < 4.78 is 12.9. The van der Waals surface area contributed by atoms with Crippen LogP contribution in [-0.2, 0) is 5.41 Å². The first-order chi connectivity index (χ1) is 7.63. The summed E-state index contributed by atoms with van der Waals surface area (Å²) in [5.74, 6) is 0.326. The number of nitrogens with two attached hydrogens (primary N) is 1. The van der Waals surface area contributed by atoms with E-state index in [4.69, 9.17) is 5.73 Å². The molecule has 0 fully saturated rings. The van der Waals surface area contributed by atoms with Gasteiger partial charge in [0.2, 0.25) is 0 Å². The van der Waals surface area contributed by atoms with E-state index in [0.29, 0.717) is 5.84 Å². The van der Waals surface area contributed by atoms with E-state index in [1.165, 1.54) is 12.1 Å². The number of rotatable bonds is 2. The molecule has 17 heavy (non-hydrogen) atoms. The standard InChI is InChI=1S/C14H21FN2/c1-13(2,3)17-12(16)14(4,5)10-6-8-11(15)9-7-10/h6-9H,1-5H3,(H2,16,17). The molecule has 0 unspecified atom stereocenters. The highest BCUT2D eigenvalue weighted by Crippen LogP contribution is 2.25. The van der Waals surface area contributed by atoms with Crippen LogP contribution in [0.15, 0.2) is 29.3 Å². The second-order valence-electron chi connectivity index (χ2n) is 5.80. The van der Waals surface area contributed by atoms with Gasteiger partial charge in [0.05, 0.1) is 5.54 Å². The normalized spacial score (nSPS) is 13.9. The van der Waals surface area contributed by atoms with E-state index in [0.717, 1.165) is 5.56 Å². The number of hydrogen-bond acceptors (Lipinski definition) is 1. The van der Waals surface area contributed by atoms with Crippen molar-refractivity contribution in [2.75, 3.05) is 0 Å². The molecule has 3 heteroatoms. The monoisotopic (exact) mass is 236 g/mol. The molecule has 0 heterocycles. The Kier molecular flexibility index (Phi) is 3.60. The Hall–Kier alpha value is -1.38. The molecule has 2 nitrogen and oxygen atoms in total. The fraction of sp³-hybridized carbons (Fsp3) is 0.500. The maximum Gasteiger partial charge on any atom is 0.123 e. The molecule has 1 aromatic rings. The van der Waals surface area contributed by atoms with Gasteiger partial charge in [-0.05, 0) is 52.3 Å². The molecule has 0 aromatic heterocycles. The quantitative estimate of drug-likeness (QED) is 0.621. The second kappa shape index (κ2) is 4.47. The molecule has 0 aliphatic rings. The lowest BCUT2D eigenvalue weighted by Gasteiger charge is -2.27. The van der Waals surface area contributed by atoms with Gasteiger partial charge in [0.15, 0.2) is 0 Å². The van der Waals surface area contributed by atoms with Gasteiger partial charge in [0.1, 0.15) is 11.7 Å². The Bertz CT molecular complexity index is 411. The van der Waals surface area contributed by atoms with Crippen LogP contribution < -0.4 is 5.73 Å². The third-order valence-electron chi connectivity index (χ3n) is 2.66. The van der Waals surface area contributed by atoms with Crippen molar-refractivity contribution in [3.05, 3.63) is 35.6 Å². The molecule has 0 aliphatic heterocycles. The first-order valence-corrected chi connectivity index (χ1v) is 5.75. The van der Waals surface area contributed by atoms with Crippen LogP contribution in [0.2, 0.25) is 0 Å². The number of benzene rings is 1. The summed E-state index contributed by atoms with van der Waals surface area (Å²) in [4.78, 5) is 4.48. The van der Waals surface area contributed by atoms with Gasteiger partial charge < -0.3 is 5.73 Å². The van der Waals surface area contributed by atoms with Crippen molar-refractivity contribution in [2.24, 2.45) is 10.7 Å². The molecule has 0 atom stereocenters. The number of hydrogen-bond donors (Lipinski definition) is 1. The predicted molar refractivity (Wildman–Crippen MR) is 70.8 cm³/mol. The van der Waals surface area contributed by atoms with Crippen LogP contribution in [0.3, 0.4) is 0 Å². The average molecular weight is 236 g/mol. The van der Waals surface area contributed by atoms with Gasteiger partial charge in [-0.2, -0.15) is 0 Å². The Morgan fingerprint density at radius 2 is 1.53 bits per heavy atom. The van der Waals surface area contributed by atoms with Gasteiger partial charge in [-0.25, -0.2) is 4.39 Å². The van der Waals surface area contributed by atoms with Gasteiger partial charge in [0.25, 0.3) is 0 Å². The van der Waals surface area contributed by atoms with E-state index in [1.54, 1.807) is 12.1 Å². The van der Waals surface area contributed by atoms with Crippen LogP contribution in [-0.4, -0.2) is 11.4 Å². The number of halogens is 1. The van der Waals surface area contributed by atoms with Gasteiger partial charge in [0, 0.05) is 5.41 Å². The van der Waals surface area contributed by atoms with E-state index in [1.807, 2.05) is 34.6 Å². The Labute approximate surface area is 103 Å². The molecule has 1 rings (SSSR count). The Morgan fingerprint density at radius 3 is 1.94 bits per heavy atom. The molecule has 0 saturated heterocycles. The predicted octanol–water partition coefficient (Wildman–Crippen LogP) is 3.26. The van der Waals surface area contributed by atoms with Gasteiger partial charge in [-0.15, -0.1) is 0 Å². The largest absolute Gasteiger partial charge is 0.387 e. The summed E-state index contributed by atoms with van der Waals surface area (Å²) in [6.07, 6.45) is 0. The van der Waals surface area contributed by atoms with Crippen LogP contribution in [0.4, 0.5) is 4.39 Å². The molecule has 0 radical (unpaired) electrons. The molecule has 0 aliphatic carbocycles. The third kappa shape index (κ3) is 3.55. The zero-order valence-corrected chi connectivity index (χ0v) is 11.2. The zero-order chi connectivity index (χ0) is 13.3. The minimum atomic E-state index is -0.388. The summed E-state index contributed by atoms with van der Waals surface area (Å²) in [7, 11) is 0. The lowest BCUT2D eigenvalue weighted by Crippen LogP contribution is -2.38. The fourth-order valence-corrected chi connectivity index (χ4v) is 1.52. The van der Waals surface area contributed by atoms with Crippen molar-refractivity contribution in [2.45, 2.75) is 45.6 Å². The van der Waals surface area contributed by atoms with Crippen LogP contribution in [0.25, 0.3) is 0 Å². The maximum atomic E-state index is 12.9. The molecular weight excluding hydrogens is 215 g/mol. The Balaban J connectivity index is 3.10. The van der Waals surface area contributed by atoms with Crippen molar-refractivity contribution in [1.29, 1.82) is 0 Å². The molecule has 2 N–H and O–H groups in total. The van der Waals surface area contributed by atoms with Crippen LogP contribution in [0, 0.1) is 5.82 Å². The molecule has 0 saturated carbocycles. The van der Waals surface area contributed by atoms with Gasteiger partial charge in [-0.1, -0.05) is 12.1 Å². The van der Waals surface area contributed by atoms with Gasteiger partial charge >= 0.3 is 0 Å². The third-order valence-corrected chi connectivity index (χ3v) is 2.66. The molecule has 94 valence electrons. The molecular formula is C14H21FN2. The van der Waals surface area contributed by atoms with E-state index in [9.17, 15) is 4.39 Å². The second-order valence-corrected chi connectivity index (χ2v) is 5.80. The van der Waals surface area contributed by atoms with Crippen molar-refractivity contribution in [3.8, 4) is 0 Å². The first kappa shape index (κ1) is 13.7. The highest BCUT2D eigenvalue weighted by molar-refractivity contribution is 5.91. The highest BCUT2D eigenvalue weighted by Gasteiger charge is 2.26. The molecule has 0 amide bonds. The first-order valence-electron chi connectivity index (χ1n) is 5.75. The smallest absolute Gasteiger partial charge is 0.123 e. The van der Waals surface area contributed by atoms with Crippen LogP contribution >= 0.6 is 0 Å². The summed E-state index contributed by atoms with van der Waals surface area (Å²) in [5, 5.41) is 0. The molecule has 0 bridgehead atoms. The summed E-state index contributed by atoms with van der Waals surface area (Å²) >= 11 is 0. The topological polar surface area (TPSA) is 38.4 Å². The fourth-order valence-electron chi connectivity index (χ4n) is 1.52. The number of nitrogens with zero attached hydrogens (tertiary/aromatic N) is 1. The lowest BCUT2D eigenvalue weighted by atomic mass is 9.83. The number of amidine groups is 1. The van der Waals surface area contributed by atoms with E-state index in [-0.39, 0.29) is 16.8 Å². The maximum absolute atomic E-state index is 12.9. The minimum Gasteiger partial charge on any atom is -0.387 e. The van der Waals surface area contributed by atoms with Crippen molar-refractivity contribution >= 4 is 5.84 Å². The average Bonchev–Trinajstić information content (AvgIpc) is 2.15. The lowest BCUT2D eigenvalue weighted by molar-refractivity contribution is 0.566.